The van der Waals surface area contributed by atoms with Gasteiger partial charge in [0.1, 0.15) is 19.3 Å². The highest BCUT2D eigenvalue weighted by atomic mass is 31.2. The van der Waals surface area contributed by atoms with Crippen LogP contribution in [0.2, 0.25) is 0 Å². The Bertz CT molecular complexity index is 2000. The number of esters is 4. The summed E-state index contributed by atoms with van der Waals surface area (Å²) >= 11 is 0. The molecule has 0 rings (SSSR count). The van der Waals surface area contributed by atoms with Crippen molar-refractivity contribution in [2.24, 2.45) is 11.8 Å². The average Bonchev–Trinajstić information content (AvgIpc) is 1.02. The number of aliphatic hydroxyl groups excluding tert-OH is 1. The molecule has 0 aromatic rings. The Labute approximate surface area is 605 Å². The molecule has 99 heavy (non-hydrogen) atoms. The van der Waals surface area contributed by atoms with Gasteiger partial charge in [0.05, 0.1) is 26.4 Å². The predicted molar refractivity (Wildman–Crippen MR) is 404 cm³/mol. The number of phosphoric acid groups is 2. The summed E-state index contributed by atoms with van der Waals surface area (Å²) < 4.78 is 68.7. The predicted octanol–water partition coefficient (Wildman–Crippen LogP) is 23.4. The van der Waals surface area contributed by atoms with Crippen molar-refractivity contribution in [3.63, 3.8) is 0 Å². The number of aliphatic hydroxyl groups is 1. The third kappa shape index (κ3) is 72.3. The molecule has 0 aromatic heterocycles. The van der Waals surface area contributed by atoms with Gasteiger partial charge in [-0.05, 0) is 63.2 Å². The Morgan fingerprint density at radius 2 is 0.596 bits per heavy atom. The molecule has 0 aliphatic carbocycles. The van der Waals surface area contributed by atoms with Crippen LogP contribution in [0, 0.1) is 11.8 Å². The number of rotatable bonds is 77. The van der Waals surface area contributed by atoms with Gasteiger partial charge < -0.3 is 33.8 Å². The fraction of sp³-hybridized carbons (Fsp3) is 0.900. The van der Waals surface area contributed by atoms with Crippen LogP contribution >= 0.6 is 15.6 Å². The van der Waals surface area contributed by atoms with Crippen LogP contribution in [0.5, 0.6) is 0 Å². The van der Waals surface area contributed by atoms with Crippen molar-refractivity contribution in [2.45, 2.75) is 413 Å². The third-order valence-electron chi connectivity index (χ3n) is 18.4. The Morgan fingerprint density at radius 3 is 0.909 bits per heavy atom. The van der Waals surface area contributed by atoms with Crippen LogP contribution in [-0.2, 0) is 65.4 Å². The molecule has 0 aliphatic heterocycles. The molecule has 19 heteroatoms. The minimum atomic E-state index is -4.97. The molecule has 0 amide bonds. The highest BCUT2D eigenvalue weighted by molar-refractivity contribution is 7.47. The normalized spacial score (nSPS) is 14.4. The van der Waals surface area contributed by atoms with Crippen molar-refractivity contribution in [3.05, 3.63) is 24.3 Å². The molecule has 0 fully saturated rings. The van der Waals surface area contributed by atoms with Crippen molar-refractivity contribution in [1.29, 1.82) is 0 Å². The Kier molecular flexibility index (Phi) is 69.4. The molecular formula is C80H152O17P2. The van der Waals surface area contributed by atoms with E-state index in [1.807, 2.05) is 0 Å². The molecule has 0 heterocycles. The van der Waals surface area contributed by atoms with E-state index < -0.39 is 97.5 Å². The molecule has 17 nitrogen and oxygen atoms in total. The standard InChI is InChI=1S/C80H152O17P2/c1-7-10-12-14-16-18-20-22-23-27-33-39-45-51-57-63-78(83)91-69-75(96-79(84)64-58-52-46-40-34-28-25-24-26-31-37-43-49-55-61-73(6)9-3)70-94-98(86,87)92-66-74(81)67-93-99(88,89)95-71-76(68-90-77(82)62-56-50-44-38-32-21-19-17-15-13-11-8-2)97-80(85)65-59-53-47-41-35-29-30-36-42-48-54-60-72(4)5/h18,20,22-23,72-76,81H,7-17,19,21,24-71H2,1-6H3,(H,86,87)(H,88,89)/b20-18-,23-22-/t73?,74-,75-,76-/m1/s1. The Morgan fingerprint density at radius 1 is 0.333 bits per heavy atom. The van der Waals surface area contributed by atoms with Crippen LogP contribution in [0.4, 0.5) is 0 Å². The Hall–Kier alpha value is -2.46. The molecule has 3 N–H and O–H groups in total. The molecule has 3 unspecified atom stereocenters. The number of carbonyl (C=O) groups is 4. The number of phosphoric ester groups is 2. The van der Waals surface area contributed by atoms with E-state index in [4.69, 9.17) is 37.0 Å². The molecule has 0 aliphatic rings. The number of carbonyl (C=O) groups excluding carboxylic acids is 4. The summed E-state index contributed by atoms with van der Waals surface area (Å²) in [5.41, 5.74) is 0. The molecule has 0 aromatic carbocycles. The lowest BCUT2D eigenvalue weighted by Crippen LogP contribution is -2.30. The van der Waals surface area contributed by atoms with E-state index in [9.17, 15) is 43.2 Å². The van der Waals surface area contributed by atoms with E-state index in [0.717, 1.165) is 121 Å². The number of hydrogen-bond donors (Lipinski definition) is 3. The van der Waals surface area contributed by atoms with Crippen LogP contribution in [0.3, 0.4) is 0 Å². The zero-order valence-electron chi connectivity index (χ0n) is 64.3. The van der Waals surface area contributed by atoms with Gasteiger partial charge >= 0.3 is 39.5 Å². The monoisotopic (exact) mass is 1450 g/mol. The number of ether oxygens (including phenoxy) is 4. The van der Waals surface area contributed by atoms with Crippen molar-refractivity contribution < 1.29 is 80.2 Å². The van der Waals surface area contributed by atoms with Gasteiger partial charge in [0, 0.05) is 25.7 Å². The van der Waals surface area contributed by atoms with Gasteiger partial charge in [-0.2, -0.15) is 0 Å². The minimum Gasteiger partial charge on any atom is -0.462 e. The molecule has 6 atom stereocenters. The van der Waals surface area contributed by atoms with Crippen LogP contribution < -0.4 is 0 Å². The van der Waals surface area contributed by atoms with E-state index in [0.29, 0.717) is 25.7 Å². The molecule has 0 saturated heterocycles. The topological polar surface area (TPSA) is 237 Å². The molecule has 0 spiro atoms. The van der Waals surface area contributed by atoms with Crippen LogP contribution in [0.1, 0.15) is 395 Å². The summed E-state index contributed by atoms with van der Waals surface area (Å²) in [5.74, 6) is -0.531. The van der Waals surface area contributed by atoms with E-state index in [2.05, 4.69) is 65.8 Å². The average molecular weight is 1450 g/mol. The second kappa shape index (κ2) is 71.2. The molecule has 0 bridgehead atoms. The first-order chi connectivity index (χ1) is 47.9. The second-order valence-electron chi connectivity index (χ2n) is 28.8. The van der Waals surface area contributed by atoms with E-state index in [1.54, 1.807) is 0 Å². The first kappa shape index (κ1) is 96.5. The van der Waals surface area contributed by atoms with Gasteiger partial charge in [-0.1, -0.05) is 342 Å². The maximum absolute atomic E-state index is 13.1. The van der Waals surface area contributed by atoms with Gasteiger partial charge in [-0.15, -0.1) is 0 Å². The number of hydrogen-bond acceptors (Lipinski definition) is 15. The maximum atomic E-state index is 13.1. The van der Waals surface area contributed by atoms with Gasteiger partial charge in [0.15, 0.2) is 12.2 Å². The second-order valence-corrected chi connectivity index (χ2v) is 31.7. The Balaban J connectivity index is 5.30. The van der Waals surface area contributed by atoms with E-state index in [1.165, 1.54) is 193 Å². The van der Waals surface area contributed by atoms with Crippen LogP contribution in [0.15, 0.2) is 24.3 Å². The first-order valence-electron chi connectivity index (χ1n) is 40.8. The first-order valence-corrected chi connectivity index (χ1v) is 43.8. The van der Waals surface area contributed by atoms with E-state index in [-0.39, 0.29) is 25.7 Å². The van der Waals surface area contributed by atoms with Gasteiger partial charge in [0.25, 0.3) is 0 Å². The summed E-state index contributed by atoms with van der Waals surface area (Å²) in [4.78, 5) is 73.0. The molecular weight excluding hydrogens is 1290 g/mol. The SMILES string of the molecule is CCCCCC/C=C\C=C/CCCCCCCC(=O)OC[C@H](COP(=O)(O)OC[C@@H](O)COP(=O)(O)OC[C@@H](COC(=O)CCCCCCCCCCCCCC)OC(=O)CCCCCCCCCCCCCC(C)C)OC(=O)CCCCCCCCCCCCCCCCC(C)CC. The van der Waals surface area contributed by atoms with Crippen molar-refractivity contribution in [2.75, 3.05) is 39.6 Å². The lowest BCUT2D eigenvalue weighted by Gasteiger charge is -2.21. The fourth-order valence-electron chi connectivity index (χ4n) is 11.8. The lowest BCUT2D eigenvalue weighted by molar-refractivity contribution is -0.161. The zero-order chi connectivity index (χ0) is 72.8. The zero-order valence-corrected chi connectivity index (χ0v) is 66.1. The summed E-state index contributed by atoms with van der Waals surface area (Å²) in [6.07, 6.45) is 63.0. The summed E-state index contributed by atoms with van der Waals surface area (Å²) in [6, 6.07) is 0. The molecule has 584 valence electrons. The summed E-state index contributed by atoms with van der Waals surface area (Å²) in [5, 5.41) is 10.6. The minimum absolute atomic E-state index is 0.101. The van der Waals surface area contributed by atoms with Crippen molar-refractivity contribution in [1.82, 2.24) is 0 Å². The number of unbranched alkanes of at least 4 members (excludes halogenated alkanes) is 43. The maximum Gasteiger partial charge on any atom is 0.472 e. The smallest absolute Gasteiger partial charge is 0.462 e. The third-order valence-corrected chi connectivity index (χ3v) is 20.3. The van der Waals surface area contributed by atoms with Crippen LogP contribution in [-0.4, -0.2) is 96.7 Å². The highest BCUT2D eigenvalue weighted by Gasteiger charge is 2.30. The summed E-state index contributed by atoms with van der Waals surface area (Å²) in [6.45, 7) is 9.61. The fourth-order valence-corrected chi connectivity index (χ4v) is 13.4. The van der Waals surface area contributed by atoms with E-state index >= 15 is 0 Å². The van der Waals surface area contributed by atoms with Gasteiger partial charge in [-0.25, -0.2) is 9.13 Å². The lowest BCUT2D eigenvalue weighted by atomic mass is 9.99. The quantitative estimate of drug-likeness (QED) is 0.0169. The molecule has 0 radical (unpaired) electrons. The van der Waals surface area contributed by atoms with Gasteiger partial charge in [-0.3, -0.25) is 37.3 Å². The van der Waals surface area contributed by atoms with Gasteiger partial charge in [0.2, 0.25) is 0 Å². The number of allylic oxidation sites excluding steroid dienone is 4. The van der Waals surface area contributed by atoms with Crippen LogP contribution in [0.25, 0.3) is 0 Å². The molecule has 0 saturated carbocycles. The highest BCUT2D eigenvalue weighted by Crippen LogP contribution is 2.45. The summed E-state index contributed by atoms with van der Waals surface area (Å²) in [7, 11) is -9.93. The largest absolute Gasteiger partial charge is 0.472 e. The van der Waals surface area contributed by atoms with Crippen molar-refractivity contribution >= 4 is 39.5 Å². The van der Waals surface area contributed by atoms with Crippen molar-refractivity contribution in [3.8, 4) is 0 Å².